The molecule has 6 heteroatoms. The molecular weight excluding hydrogens is 226 g/mol. The summed E-state index contributed by atoms with van der Waals surface area (Å²) in [6, 6.07) is 3.83. The molecule has 16 heavy (non-hydrogen) atoms. The summed E-state index contributed by atoms with van der Waals surface area (Å²) in [5, 5.41) is 3.23. The van der Waals surface area contributed by atoms with Crippen LogP contribution in [0.1, 0.15) is 12.8 Å². The quantitative estimate of drug-likeness (QED) is 0.794. The molecule has 0 unspecified atom stereocenters. The van der Waals surface area contributed by atoms with Crippen LogP contribution in [0.4, 0.5) is 11.5 Å². The summed E-state index contributed by atoms with van der Waals surface area (Å²) >= 11 is 0. The van der Waals surface area contributed by atoms with Gasteiger partial charge in [-0.05, 0) is 25.0 Å². The highest BCUT2D eigenvalue weighted by Crippen LogP contribution is 2.20. The second-order valence-corrected chi connectivity index (χ2v) is 6.31. The molecule has 0 aliphatic carbocycles. The van der Waals surface area contributed by atoms with Crippen molar-refractivity contribution < 1.29 is 8.42 Å². The molecule has 2 rings (SSSR count). The number of nitrogens with one attached hydrogen (secondary N) is 1. The summed E-state index contributed by atoms with van der Waals surface area (Å²) in [5.74, 6) is 0.964. The number of hydrogen-bond donors (Lipinski definition) is 2. The van der Waals surface area contributed by atoms with E-state index in [2.05, 4.69) is 10.3 Å². The van der Waals surface area contributed by atoms with Crippen LogP contribution < -0.4 is 11.1 Å². The van der Waals surface area contributed by atoms with Crippen molar-refractivity contribution in [3.63, 3.8) is 0 Å². The van der Waals surface area contributed by atoms with Gasteiger partial charge < -0.3 is 11.1 Å². The number of pyridine rings is 1. The van der Waals surface area contributed by atoms with Crippen molar-refractivity contribution in [1.82, 2.24) is 4.98 Å². The number of nitrogen functional groups attached to an aromatic ring is 1. The lowest BCUT2D eigenvalue weighted by Crippen LogP contribution is -2.32. The summed E-state index contributed by atoms with van der Waals surface area (Å²) in [6.45, 7) is 0. The minimum atomic E-state index is -2.80. The minimum Gasteiger partial charge on any atom is -0.382 e. The van der Waals surface area contributed by atoms with E-state index in [1.54, 1.807) is 12.3 Å². The van der Waals surface area contributed by atoms with Gasteiger partial charge in [-0.2, -0.15) is 0 Å². The Bertz CT molecular complexity index is 459. The summed E-state index contributed by atoms with van der Waals surface area (Å²) in [6.07, 6.45) is 2.90. The molecule has 0 radical (unpaired) electrons. The topological polar surface area (TPSA) is 85.1 Å². The molecule has 1 aliphatic rings. The summed E-state index contributed by atoms with van der Waals surface area (Å²) < 4.78 is 22.5. The largest absolute Gasteiger partial charge is 0.382 e. The van der Waals surface area contributed by atoms with Crippen LogP contribution in [0.5, 0.6) is 0 Å². The van der Waals surface area contributed by atoms with Crippen LogP contribution in [0, 0.1) is 0 Å². The molecule has 1 saturated heterocycles. The molecular formula is C10H15N3O2S. The van der Waals surface area contributed by atoms with Gasteiger partial charge in [0.2, 0.25) is 0 Å². The third-order valence-electron chi connectivity index (χ3n) is 2.75. The fourth-order valence-electron chi connectivity index (χ4n) is 1.79. The van der Waals surface area contributed by atoms with E-state index in [4.69, 9.17) is 5.73 Å². The summed E-state index contributed by atoms with van der Waals surface area (Å²) in [4.78, 5) is 3.97. The zero-order valence-corrected chi connectivity index (χ0v) is 9.70. The Balaban J connectivity index is 2.00. The monoisotopic (exact) mass is 241 g/mol. The van der Waals surface area contributed by atoms with Gasteiger partial charge in [-0.15, -0.1) is 0 Å². The maximum Gasteiger partial charge on any atom is 0.150 e. The standard InChI is InChI=1S/C10H15N3O2S/c11-10-9(2-1-5-12-10)13-8-3-6-16(14,15)7-4-8/h1-2,5,8,13H,3-4,6-7H2,(H2,11,12). The molecule has 3 N–H and O–H groups in total. The fourth-order valence-corrected chi connectivity index (χ4v) is 3.29. The van der Waals surface area contributed by atoms with Gasteiger partial charge in [0.05, 0.1) is 17.2 Å². The fraction of sp³-hybridized carbons (Fsp3) is 0.500. The van der Waals surface area contributed by atoms with Gasteiger partial charge in [-0.25, -0.2) is 13.4 Å². The molecule has 0 atom stereocenters. The van der Waals surface area contributed by atoms with E-state index in [1.807, 2.05) is 6.07 Å². The van der Waals surface area contributed by atoms with E-state index in [1.165, 1.54) is 0 Å². The summed E-state index contributed by atoms with van der Waals surface area (Å²) in [5.41, 5.74) is 6.48. The van der Waals surface area contributed by atoms with Crippen LogP contribution in [-0.2, 0) is 9.84 Å². The molecule has 0 amide bonds. The van der Waals surface area contributed by atoms with E-state index in [0.717, 1.165) is 5.69 Å². The maximum atomic E-state index is 11.3. The van der Waals surface area contributed by atoms with E-state index in [-0.39, 0.29) is 17.5 Å². The first-order chi connectivity index (χ1) is 7.57. The molecule has 0 saturated carbocycles. The molecule has 0 aromatic carbocycles. The van der Waals surface area contributed by atoms with Crippen molar-refractivity contribution in [2.75, 3.05) is 22.6 Å². The zero-order valence-electron chi connectivity index (χ0n) is 8.89. The average molecular weight is 241 g/mol. The van der Waals surface area contributed by atoms with Crippen LogP contribution in [0.2, 0.25) is 0 Å². The Labute approximate surface area is 95.0 Å². The molecule has 0 spiro atoms. The van der Waals surface area contributed by atoms with Gasteiger partial charge in [0.1, 0.15) is 15.7 Å². The Morgan fingerprint density at radius 3 is 2.69 bits per heavy atom. The highest BCUT2D eigenvalue weighted by molar-refractivity contribution is 7.91. The third-order valence-corrected chi connectivity index (χ3v) is 4.47. The van der Waals surface area contributed by atoms with Gasteiger partial charge >= 0.3 is 0 Å². The Hall–Kier alpha value is -1.30. The maximum absolute atomic E-state index is 11.3. The first kappa shape index (κ1) is 11.2. The van der Waals surface area contributed by atoms with Crippen molar-refractivity contribution in [3.8, 4) is 0 Å². The Morgan fingerprint density at radius 2 is 2.06 bits per heavy atom. The van der Waals surface area contributed by atoms with Gasteiger partial charge in [0.25, 0.3) is 0 Å². The van der Waals surface area contributed by atoms with Gasteiger partial charge in [-0.1, -0.05) is 0 Å². The van der Waals surface area contributed by atoms with Crippen LogP contribution in [0.15, 0.2) is 18.3 Å². The lowest BCUT2D eigenvalue weighted by Gasteiger charge is -2.24. The summed E-state index contributed by atoms with van der Waals surface area (Å²) in [7, 11) is -2.80. The lowest BCUT2D eigenvalue weighted by molar-refractivity contribution is 0.559. The molecule has 1 aliphatic heterocycles. The third kappa shape index (κ3) is 2.63. The van der Waals surface area contributed by atoms with Crippen molar-refractivity contribution >= 4 is 21.3 Å². The van der Waals surface area contributed by atoms with E-state index in [0.29, 0.717) is 18.7 Å². The number of anilines is 2. The average Bonchev–Trinajstić information content (AvgIpc) is 2.24. The molecule has 2 heterocycles. The molecule has 88 valence electrons. The molecule has 1 fully saturated rings. The Morgan fingerprint density at radius 1 is 1.38 bits per heavy atom. The second kappa shape index (κ2) is 4.29. The first-order valence-electron chi connectivity index (χ1n) is 5.24. The minimum absolute atomic E-state index is 0.176. The number of hydrogen-bond acceptors (Lipinski definition) is 5. The van der Waals surface area contributed by atoms with Crippen molar-refractivity contribution in [2.24, 2.45) is 0 Å². The normalized spacial score (nSPS) is 20.5. The molecule has 5 nitrogen and oxygen atoms in total. The molecule has 0 bridgehead atoms. The van der Waals surface area contributed by atoms with E-state index >= 15 is 0 Å². The number of aromatic nitrogens is 1. The van der Waals surface area contributed by atoms with Crippen LogP contribution >= 0.6 is 0 Å². The number of nitrogens with two attached hydrogens (primary N) is 1. The van der Waals surface area contributed by atoms with Crippen molar-refractivity contribution in [2.45, 2.75) is 18.9 Å². The van der Waals surface area contributed by atoms with Crippen LogP contribution in [-0.4, -0.2) is 30.9 Å². The predicted octanol–water partition coefficient (Wildman–Crippen LogP) is 0.653. The Kier molecular flexibility index (Phi) is 3.00. The molecule has 1 aromatic rings. The van der Waals surface area contributed by atoms with Crippen molar-refractivity contribution in [3.05, 3.63) is 18.3 Å². The lowest BCUT2D eigenvalue weighted by atomic mass is 10.1. The van der Waals surface area contributed by atoms with Gasteiger partial charge in [0, 0.05) is 12.2 Å². The smallest absolute Gasteiger partial charge is 0.150 e. The molecule has 1 aromatic heterocycles. The van der Waals surface area contributed by atoms with E-state index in [9.17, 15) is 8.42 Å². The highest BCUT2D eigenvalue weighted by atomic mass is 32.2. The van der Waals surface area contributed by atoms with Gasteiger partial charge in [0.15, 0.2) is 0 Å². The van der Waals surface area contributed by atoms with Crippen molar-refractivity contribution in [1.29, 1.82) is 0 Å². The zero-order chi connectivity index (χ0) is 11.6. The van der Waals surface area contributed by atoms with E-state index < -0.39 is 9.84 Å². The second-order valence-electron chi connectivity index (χ2n) is 4.01. The number of sulfone groups is 1. The predicted molar refractivity (Wildman–Crippen MR) is 63.9 cm³/mol. The first-order valence-corrected chi connectivity index (χ1v) is 7.06. The number of nitrogens with zero attached hydrogens (tertiary/aromatic N) is 1. The van der Waals surface area contributed by atoms with Crippen LogP contribution in [0.25, 0.3) is 0 Å². The number of rotatable bonds is 2. The van der Waals surface area contributed by atoms with Gasteiger partial charge in [-0.3, -0.25) is 0 Å². The highest BCUT2D eigenvalue weighted by Gasteiger charge is 2.23. The SMILES string of the molecule is Nc1ncccc1NC1CCS(=O)(=O)CC1. The van der Waals surface area contributed by atoms with Crippen LogP contribution in [0.3, 0.4) is 0 Å².